The molecular formula is C27H46O8. The van der Waals surface area contributed by atoms with Crippen LogP contribution in [0.4, 0.5) is 0 Å². The first-order chi connectivity index (χ1) is 16.6. The van der Waals surface area contributed by atoms with Gasteiger partial charge in [0.25, 0.3) is 0 Å². The average molecular weight is 499 g/mol. The lowest BCUT2D eigenvalue weighted by molar-refractivity contribution is -0.140. The average Bonchev–Trinajstić information content (AvgIpc) is 2.83. The van der Waals surface area contributed by atoms with Gasteiger partial charge >= 0.3 is 23.9 Å². The van der Waals surface area contributed by atoms with Crippen LogP contribution in [0.1, 0.15) is 86.0 Å². The molecule has 0 aromatic heterocycles. The number of carbonyl (C=O) groups excluding carboxylic acids is 3. The lowest BCUT2D eigenvalue weighted by atomic mass is 10.0. The Hall–Kier alpha value is -2.90. The van der Waals surface area contributed by atoms with E-state index < -0.39 is 11.9 Å². The molecule has 2 atom stereocenters. The molecule has 0 fully saturated rings. The van der Waals surface area contributed by atoms with Gasteiger partial charge in [-0.25, -0.2) is 14.4 Å². The molecule has 0 bridgehead atoms. The predicted octanol–water partition coefficient (Wildman–Crippen LogP) is 6.01. The van der Waals surface area contributed by atoms with E-state index in [1.54, 1.807) is 0 Å². The minimum Gasteiger partial charge on any atom is -0.478 e. The van der Waals surface area contributed by atoms with Crippen molar-refractivity contribution in [3.8, 4) is 0 Å². The van der Waals surface area contributed by atoms with E-state index in [9.17, 15) is 19.2 Å². The molecule has 0 radical (unpaired) electrons. The summed E-state index contributed by atoms with van der Waals surface area (Å²) >= 11 is 0. The lowest BCUT2D eigenvalue weighted by Crippen LogP contribution is -2.12. The van der Waals surface area contributed by atoms with Gasteiger partial charge in [-0.3, -0.25) is 4.79 Å². The Morgan fingerprint density at radius 2 is 1.26 bits per heavy atom. The van der Waals surface area contributed by atoms with Crippen molar-refractivity contribution in [2.24, 2.45) is 11.8 Å². The summed E-state index contributed by atoms with van der Waals surface area (Å²) in [5.41, 5.74) is 0. The molecule has 0 aliphatic heterocycles. The molecule has 8 nitrogen and oxygen atoms in total. The molecule has 0 heterocycles. The third-order valence-corrected chi connectivity index (χ3v) is 4.79. The quantitative estimate of drug-likeness (QED) is 0.119. The van der Waals surface area contributed by atoms with Gasteiger partial charge in [-0.2, -0.15) is 0 Å². The normalized spacial score (nSPS) is 11.5. The van der Waals surface area contributed by atoms with E-state index in [-0.39, 0.29) is 11.9 Å². The van der Waals surface area contributed by atoms with Crippen molar-refractivity contribution in [3.63, 3.8) is 0 Å². The van der Waals surface area contributed by atoms with E-state index >= 15 is 0 Å². The Kier molecular flexibility index (Phi) is 28.6. The molecule has 0 aromatic carbocycles. The summed E-state index contributed by atoms with van der Waals surface area (Å²) in [7, 11) is 0. The minimum atomic E-state index is -1.14. The van der Waals surface area contributed by atoms with Gasteiger partial charge in [-0.05, 0) is 24.7 Å². The van der Waals surface area contributed by atoms with Crippen LogP contribution < -0.4 is 0 Å². The Morgan fingerprint density at radius 3 is 1.54 bits per heavy atom. The van der Waals surface area contributed by atoms with Gasteiger partial charge in [-0.15, -0.1) is 0 Å². The summed E-state index contributed by atoms with van der Waals surface area (Å²) in [6, 6.07) is 0. The number of unbranched alkanes of at least 4 members (excludes halogenated alkanes) is 2. The van der Waals surface area contributed by atoms with E-state index in [4.69, 9.17) is 14.6 Å². The van der Waals surface area contributed by atoms with Crippen LogP contribution in [0.15, 0.2) is 37.6 Å². The molecule has 202 valence electrons. The highest BCUT2D eigenvalue weighted by molar-refractivity contribution is 5.90. The van der Waals surface area contributed by atoms with Gasteiger partial charge in [-0.1, -0.05) is 79.4 Å². The van der Waals surface area contributed by atoms with Gasteiger partial charge < -0.3 is 19.3 Å². The second-order valence-electron chi connectivity index (χ2n) is 7.74. The molecule has 0 amide bonds. The van der Waals surface area contributed by atoms with Gasteiger partial charge in [0.2, 0.25) is 0 Å². The van der Waals surface area contributed by atoms with Crippen LogP contribution in [0.2, 0.25) is 0 Å². The highest BCUT2D eigenvalue weighted by Gasteiger charge is 2.09. The molecule has 0 saturated heterocycles. The van der Waals surface area contributed by atoms with Crippen molar-refractivity contribution in [3.05, 3.63) is 37.6 Å². The number of rotatable bonds is 16. The molecule has 2 unspecified atom stereocenters. The first-order valence-corrected chi connectivity index (χ1v) is 12.3. The number of aliphatic carboxylic acids is 1. The minimum absolute atomic E-state index is 0.310. The van der Waals surface area contributed by atoms with E-state index in [0.29, 0.717) is 25.0 Å². The fourth-order valence-electron chi connectivity index (χ4n) is 2.56. The van der Waals surface area contributed by atoms with Gasteiger partial charge in [0.15, 0.2) is 0 Å². The number of esters is 3. The topological polar surface area (TPSA) is 116 Å². The van der Waals surface area contributed by atoms with E-state index in [1.165, 1.54) is 25.8 Å². The van der Waals surface area contributed by atoms with Crippen LogP contribution >= 0.6 is 0 Å². The first kappa shape index (κ1) is 36.7. The third-order valence-electron chi connectivity index (χ3n) is 4.79. The molecule has 0 aliphatic carbocycles. The Bertz CT molecular complexity index is 625. The number of hydrogen-bond acceptors (Lipinski definition) is 7. The SMILES string of the molecule is C=CC(=O)OCC(CC)CCCC.C=COC(C)=O.CCCCC(CC)COC(=O)/C=C\C(=O)O. The summed E-state index contributed by atoms with van der Waals surface area (Å²) in [4.78, 5) is 41.7. The number of carboxylic acid groups (broad SMARTS) is 1. The molecule has 0 spiro atoms. The van der Waals surface area contributed by atoms with Crippen molar-refractivity contribution in [1.82, 2.24) is 0 Å². The molecule has 1 N–H and O–H groups in total. The fourth-order valence-corrected chi connectivity index (χ4v) is 2.56. The van der Waals surface area contributed by atoms with Crippen LogP contribution in [0.25, 0.3) is 0 Å². The predicted molar refractivity (Wildman–Crippen MR) is 137 cm³/mol. The van der Waals surface area contributed by atoms with Gasteiger partial charge in [0.1, 0.15) is 0 Å². The largest absolute Gasteiger partial charge is 0.478 e. The fraction of sp³-hybridized carbons (Fsp3) is 0.630. The van der Waals surface area contributed by atoms with Crippen molar-refractivity contribution in [2.45, 2.75) is 86.0 Å². The van der Waals surface area contributed by atoms with E-state index in [2.05, 4.69) is 45.6 Å². The van der Waals surface area contributed by atoms with Crippen molar-refractivity contribution in [1.29, 1.82) is 0 Å². The van der Waals surface area contributed by atoms with Gasteiger partial charge in [0.05, 0.1) is 19.5 Å². The molecular weight excluding hydrogens is 452 g/mol. The number of carbonyl (C=O) groups is 4. The first-order valence-electron chi connectivity index (χ1n) is 12.3. The smallest absolute Gasteiger partial charge is 0.331 e. The van der Waals surface area contributed by atoms with Crippen LogP contribution in [-0.2, 0) is 33.4 Å². The number of carboxylic acids is 1. The second kappa shape index (κ2) is 27.3. The summed E-state index contributed by atoms with van der Waals surface area (Å²) in [6.07, 6.45) is 12.9. The van der Waals surface area contributed by atoms with E-state index in [0.717, 1.165) is 56.9 Å². The Morgan fingerprint density at radius 1 is 0.800 bits per heavy atom. The summed E-state index contributed by atoms with van der Waals surface area (Å²) in [6.45, 7) is 17.2. The molecule has 0 saturated carbocycles. The van der Waals surface area contributed by atoms with Crippen molar-refractivity contribution < 1.29 is 38.5 Å². The highest BCUT2D eigenvalue weighted by Crippen LogP contribution is 2.13. The van der Waals surface area contributed by atoms with Crippen LogP contribution in [0.5, 0.6) is 0 Å². The Labute approximate surface area is 211 Å². The van der Waals surface area contributed by atoms with Crippen molar-refractivity contribution >= 4 is 23.9 Å². The number of ether oxygens (including phenoxy) is 3. The zero-order chi connectivity index (χ0) is 27.5. The van der Waals surface area contributed by atoms with Crippen molar-refractivity contribution in [2.75, 3.05) is 13.2 Å². The standard InChI is InChI=1S/C12H20O4.C11H20O2.C4H6O2/c1-3-5-6-10(4-2)9-16-12(15)8-7-11(13)14;1-4-7-8-10(5-2)9-13-11(12)6-3;1-3-6-4(2)5/h7-8,10H,3-6,9H2,1-2H3,(H,13,14);6,10H,3-5,7-9H2,1-2H3;3H,1H2,2H3/b8-7-;;. The molecule has 8 heteroatoms. The maximum absolute atomic E-state index is 11.1. The molecule has 0 aliphatic rings. The summed E-state index contributed by atoms with van der Waals surface area (Å²) in [5, 5.41) is 8.31. The van der Waals surface area contributed by atoms with Crippen LogP contribution in [-0.4, -0.2) is 42.2 Å². The van der Waals surface area contributed by atoms with E-state index in [1.807, 2.05) is 0 Å². The summed E-state index contributed by atoms with van der Waals surface area (Å²) in [5.74, 6) is -1.47. The Balaban J connectivity index is -0.000000482. The third kappa shape index (κ3) is 31.1. The van der Waals surface area contributed by atoms with Gasteiger partial charge in [0, 0.05) is 25.2 Å². The molecule has 0 rings (SSSR count). The highest BCUT2D eigenvalue weighted by atomic mass is 16.5. The monoisotopic (exact) mass is 498 g/mol. The lowest BCUT2D eigenvalue weighted by Gasteiger charge is -2.13. The maximum Gasteiger partial charge on any atom is 0.331 e. The zero-order valence-electron chi connectivity index (χ0n) is 22.3. The second-order valence-corrected chi connectivity index (χ2v) is 7.74. The zero-order valence-corrected chi connectivity index (χ0v) is 22.3. The molecule has 0 aromatic rings. The summed E-state index contributed by atoms with van der Waals surface area (Å²) < 4.78 is 14.1. The van der Waals surface area contributed by atoms with Crippen LogP contribution in [0.3, 0.4) is 0 Å². The van der Waals surface area contributed by atoms with Crippen LogP contribution in [0, 0.1) is 11.8 Å². The molecule has 35 heavy (non-hydrogen) atoms. The number of hydrogen-bond donors (Lipinski definition) is 1. The maximum atomic E-state index is 11.1.